The molecule has 0 saturated heterocycles. The molecule has 0 aliphatic heterocycles. The molecule has 1 saturated carbocycles. The quantitative estimate of drug-likeness (QED) is 0.378. The van der Waals surface area contributed by atoms with Crippen LogP contribution in [-0.4, -0.2) is 26.2 Å². The van der Waals surface area contributed by atoms with Crippen molar-refractivity contribution in [1.82, 2.24) is 9.38 Å². The van der Waals surface area contributed by atoms with Gasteiger partial charge in [0.15, 0.2) is 5.65 Å². The number of aromatic nitrogens is 2. The van der Waals surface area contributed by atoms with Gasteiger partial charge in [-0.15, -0.1) is 0 Å². The highest BCUT2D eigenvalue weighted by atomic mass is 79.9. The minimum atomic E-state index is -0.416. The third-order valence-corrected chi connectivity index (χ3v) is 3.59. The van der Waals surface area contributed by atoms with Crippen LogP contribution in [0.4, 0.5) is 0 Å². The van der Waals surface area contributed by atoms with Crippen LogP contribution in [0, 0.1) is 0 Å². The van der Waals surface area contributed by atoms with Crippen LogP contribution in [0.25, 0.3) is 11.2 Å². The van der Waals surface area contributed by atoms with Crippen molar-refractivity contribution in [1.29, 1.82) is 0 Å². The number of pyridine rings is 1. The third kappa shape index (κ3) is 1.89. The fourth-order valence-electron chi connectivity index (χ4n) is 1.95. The second-order valence-corrected chi connectivity index (χ2v) is 5.22. The van der Waals surface area contributed by atoms with Crippen LogP contribution >= 0.6 is 15.9 Å². The molecule has 1 aliphatic rings. The molecular formula is C12H9BrN4O. The second kappa shape index (κ2) is 4.15. The van der Waals surface area contributed by atoms with Crippen LogP contribution in [0.2, 0.25) is 0 Å². The first-order valence-corrected chi connectivity index (χ1v) is 6.38. The molecule has 0 unspecified atom stereocenters. The number of hydrogen-bond acceptors (Lipinski definition) is 2. The summed E-state index contributed by atoms with van der Waals surface area (Å²) in [5.41, 5.74) is 10.6. The molecule has 2 aromatic rings. The lowest BCUT2D eigenvalue weighted by Crippen LogP contribution is -2.00. The van der Waals surface area contributed by atoms with Crippen molar-refractivity contribution in [2.45, 2.75) is 18.8 Å². The van der Waals surface area contributed by atoms with Gasteiger partial charge < -0.3 is 9.93 Å². The Hall–Kier alpha value is -1.78. The lowest BCUT2D eigenvalue weighted by Gasteiger charge is -2.01. The van der Waals surface area contributed by atoms with E-state index < -0.39 is 5.78 Å². The summed E-state index contributed by atoms with van der Waals surface area (Å²) in [5, 5.41) is 0. The predicted octanol–water partition coefficient (Wildman–Crippen LogP) is 2.46. The Morgan fingerprint density at radius 3 is 3.00 bits per heavy atom. The summed E-state index contributed by atoms with van der Waals surface area (Å²) in [7, 11) is 0. The van der Waals surface area contributed by atoms with Crippen molar-refractivity contribution >= 4 is 33.6 Å². The molecule has 2 aromatic heterocycles. The monoisotopic (exact) mass is 304 g/mol. The van der Waals surface area contributed by atoms with Crippen molar-refractivity contribution < 1.29 is 9.58 Å². The smallest absolute Gasteiger partial charge is 0.329 e. The Morgan fingerprint density at radius 2 is 2.33 bits per heavy atom. The highest BCUT2D eigenvalue weighted by molar-refractivity contribution is 9.10. The van der Waals surface area contributed by atoms with Crippen molar-refractivity contribution in [3.8, 4) is 0 Å². The lowest BCUT2D eigenvalue weighted by atomic mass is 10.2. The summed E-state index contributed by atoms with van der Waals surface area (Å²) >= 11 is 3.47. The normalized spacial score (nSPS) is 14.5. The van der Waals surface area contributed by atoms with Crippen molar-refractivity contribution in [3.63, 3.8) is 0 Å². The average Bonchev–Trinajstić information content (AvgIpc) is 3.09. The third-order valence-electron chi connectivity index (χ3n) is 3.00. The van der Waals surface area contributed by atoms with E-state index in [-0.39, 0.29) is 5.69 Å². The topological polar surface area (TPSA) is 70.8 Å². The zero-order valence-corrected chi connectivity index (χ0v) is 11.0. The van der Waals surface area contributed by atoms with Crippen LogP contribution in [0.3, 0.4) is 0 Å². The number of Topliss-reactive ketones (excluding diaryl/α,β-unsaturated/α-hetero) is 1. The molecule has 18 heavy (non-hydrogen) atoms. The molecule has 90 valence electrons. The van der Waals surface area contributed by atoms with E-state index in [2.05, 4.69) is 25.7 Å². The summed E-state index contributed by atoms with van der Waals surface area (Å²) in [6.07, 6.45) is 6.93. The van der Waals surface area contributed by atoms with Crippen LogP contribution < -0.4 is 0 Å². The van der Waals surface area contributed by atoms with E-state index in [1.165, 1.54) is 18.4 Å². The van der Waals surface area contributed by atoms with Gasteiger partial charge in [0.1, 0.15) is 5.69 Å². The van der Waals surface area contributed by atoms with E-state index in [4.69, 9.17) is 5.53 Å². The second-order valence-electron chi connectivity index (χ2n) is 4.36. The first-order chi connectivity index (χ1) is 8.69. The van der Waals surface area contributed by atoms with E-state index in [1.54, 1.807) is 6.20 Å². The maximum atomic E-state index is 11.6. The Bertz CT molecular complexity index is 695. The molecular weight excluding hydrogens is 296 g/mol. The molecule has 2 heterocycles. The van der Waals surface area contributed by atoms with Crippen LogP contribution in [0.5, 0.6) is 0 Å². The van der Waals surface area contributed by atoms with Gasteiger partial charge in [-0.1, -0.05) is 0 Å². The van der Waals surface area contributed by atoms with E-state index in [0.717, 1.165) is 10.7 Å². The Labute approximate surface area is 111 Å². The number of imidazole rings is 1. The van der Waals surface area contributed by atoms with Gasteiger partial charge in [-0.2, -0.15) is 4.79 Å². The van der Waals surface area contributed by atoms with E-state index in [1.807, 2.05) is 16.7 Å². The van der Waals surface area contributed by atoms with Gasteiger partial charge in [0.25, 0.3) is 5.78 Å². The molecule has 0 aromatic carbocycles. The van der Waals surface area contributed by atoms with Gasteiger partial charge >= 0.3 is 6.21 Å². The summed E-state index contributed by atoms with van der Waals surface area (Å²) < 4.78 is 2.70. The Balaban J connectivity index is 2.13. The first-order valence-electron chi connectivity index (χ1n) is 5.59. The number of rotatable bonds is 3. The van der Waals surface area contributed by atoms with Gasteiger partial charge in [0.2, 0.25) is 0 Å². The molecule has 1 fully saturated rings. The molecule has 0 atom stereocenters. The fourth-order valence-corrected chi connectivity index (χ4v) is 2.51. The largest absolute Gasteiger partial charge is 0.361 e. The fraction of sp³-hybridized carbons (Fsp3) is 0.250. The summed E-state index contributed by atoms with van der Waals surface area (Å²) in [5.74, 6) is 0.215. The molecule has 0 radical (unpaired) electrons. The molecule has 0 bridgehead atoms. The van der Waals surface area contributed by atoms with Crippen molar-refractivity contribution in [3.05, 3.63) is 39.7 Å². The van der Waals surface area contributed by atoms with E-state index in [0.29, 0.717) is 11.6 Å². The van der Waals surface area contributed by atoms with Crippen molar-refractivity contribution in [2.75, 3.05) is 0 Å². The molecule has 0 amide bonds. The van der Waals surface area contributed by atoms with Gasteiger partial charge in [-0.3, -0.25) is 4.79 Å². The molecule has 0 N–H and O–H groups in total. The minimum absolute atomic E-state index is 0.265. The highest BCUT2D eigenvalue weighted by Crippen LogP contribution is 2.41. The summed E-state index contributed by atoms with van der Waals surface area (Å²) in [4.78, 5) is 18.5. The Morgan fingerprint density at radius 1 is 1.56 bits per heavy atom. The maximum absolute atomic E-state index is 11.6. The molecule has 3 rings (SSSR count). The predicted molar refractivity (Wildman–Crippen MR) is 68.9 cm³/mol. The van der Waals surface area contributed by atoms with E-state index >= 15 is 0 Å². The van der Waals surface area contributed by atoms with Crippen LogP contribution in [-0.2, 0) is 0 Å². The molecule has 1 aliphatic carbocycles. The van der Waals surface area contributed by atoms with Crippen LogP contribution in [0.15, 0.2) is 22.9 Å². The Kier molecular flexibility index (Phi) is 2.61. The number of hydrogen-bond donors (Lipinski definition) is 0. The van der Waals surface area contributed by atoms with Gasteiger partial charge in [-0.25, -0.2) is 4.98 Å². The van der Waals surface area contributed by atoms with Gasteiger partial charge in [0.05, 0.1) is 4.47 Å². The number of nitrogens with zero attached hydrogens (tertiary/aromatic N) is 4. The standard InChI is InChI=1S/C12H9BrN4O/c13-9-3-8(7-1-2-7)5-17-6-10(16-12(9)17)11(18)4-15-14/h3-7H,1-2H2. The average molecular weight is 305 g/mol. The maximum Gasteiger partial charge on any atom is 0.329 e. The number of fused-ring (bicyclic) bond motifs is 1. The number of carbonyl (C=O) groups is 1. The first kappa shape index (κ1) is 11.3. The van der Waals surface area contributed by atoms with E-state index in [9.17, 15) is 4.79 Å². The highest BCUT2D eigenvalue weighted by Gasteiger charge is 2.25. The van der Waals surface area contributed by atoms with Crippen LogP contribution in [0.1, 0.15) is 34.8 Å². The number of carbonyl (C=O) groups excluding carboxylic acids is 1. The summed E-state index contributed by atoms with van der Waals surface area (Å²) in [6, 6.07) is 2.05. The lowest BCUT2D eigenvalue weighted by molar-refractivity contribution is 0.00230. The SMILES string of the molecule is [N-]=[N+]=CC(=O)c1cn2cc(C3CC3)cc(Br)c2n1. The zero-order chi connectivity index (χ0) is 12.7. The zero-order valence-electron chi connectivity index (χ0n) is 9.38. The van der Waals surface area contributed by atoms with Crippen molar-refractivity contribution in [2.24, 2.45) is 0 Å². The van der Waals surface area contributed by atoms with Gasteiger partial charge in [-0.05, 0) is 46.3 Å². The number of ketones is 1. The summed E-state index contributed by atoms with van der Waals surface area (Å²) in [6.45, 7) is 0. The minimum Gasteiger partial charge on any atom is -0.361 e. The molecule has 6 heteroatoms. The molecule has 0 spiro atoms. The van der Waals surface area contributed by atoms with Gasteiger partial charge in [0, 0.05) is 12.4 Å². The molecule has 5 nitrogen and oxygen atoms in total. The number of halogens is 1.